The molecule has 0 fully saturated rings. The fourth-order valence-electron chi connectivity index (χ4n) is 1.38. The summed E-state index contributed by atoms with van der Waals surface area (Å²) in [5, 5.41) is 3.27. The van der Waals surface area contributed by atoms with Gasteiger partial charge in [0.2, 0.25) is 0 Å². The molecule has 0 unspecified atom stereocenters. The van der Waals surface area contributed by atoms with Gasteiger partial charge in [-0.1, -0.05) is 11.5 Å². The number of nitrogens with one attached hydrogen (secondary N) is 1. The third-order valence-electron chi connectivity index (χ3n) is 2.13. The first-order valence-electron chi connectivity index (χ1n) is 4.05. The zero-order valence-corrected chi connectivity index (χ0v) is 7.05. The van der Waals surface area contributed by atoms with Crippen LogP contribution in [0.15, 0.2) is 12.1 Å². The molecule has 2 nitrogen and oxygen atoms in total. The van der Waals surface area contributed by atoms with Crippen molar-refractivity contribution in [1.82, 2.24) is 0 Å². The van der Waals surface area contributed by atoms with Crippen LogP contribution in [0.4, 0.5) is 5.69 Å². The standard InChI is InChI=1S/C9H10BNO/c1-6-7(10)2-3-8-9(6)11-4-5-12-8/h2-3,11H,4-5H2,1H3. The number of benzene rings is 1. The molecule has 0 bridgehead atoms. The lowest BCUT2D eigenvalue weighted by Gasteiger charge is -2.21. The molecule has 0 spiro atoms. The lowest BCUT2D eigenvalue weighted by atomic mass is 9.90. The third-order valence-corrected chi connectivity index (χ3v) is 2.13. The number of rotatable bonds is 0. The van der Waals surface area contributed by atoms with Crippen LogP contribution in [0, 0.1) is 6.92 Å². The molecule has 0 saturated carbocycles. The second-order valence-electron chi connectivity index (χ2n) is 2.93. The molecule has 3 heteroatoms. The first-order chi connectivity index (χ1) is 5.79. The Morgan fingerprint density at radius 1 is 1.50 bits per heavy atom. The maximum atomic E-state index is 5.75. The van der Waals surface area contributed by atoms with Gasteiger partial charge in [0.05, 0.1) is 5.69 Å². The summed E-state index contributed by atoms with van der Waals surface area (Å²) >= 11 is 0. The van der Waals surface area contributed by atoms with Crippen molar-refractivity contribution in [1.29, 1.82) is 0 Å². The zero-order chi connectivity index (χ0) is 8.55. The topological polar surface area (TPSA) is 21.3 Å². The molecule has 60 valence electrons. The lowest BCUT2D eigenvalue weighted by Crippen LogP contribution is -2.21. The second-order valence-corrected chi connectivity index (χ2v) is 2.93. The molecule has 0 aromatic heterocycles. The highest BCUT2D eigenvalue weighted by atomic mass is 16.5. The van der Waals surface area contributed by atoms with Gasteiger partial charge in [0, 0.05) is 6.54 Å². The maximum absolute atomic E-state index is 5.75. The lowest BCUT2D eigenvalue weighted by molar-refractivity contribution is 0.323. The Hall–Kier alpha value is -1.12. The average molecular weight is 159 g/mol. The zero-order valence-electron chi connectivity index (χ0n) is 7.05. The summed E-state index contributed by atoms with van der Waals surface area (Å²) < 4.78 is 5.44. The largest absolute Gasteiger partial charge is 0.490 e. The Labute approximate surface area is 73.3 Å². The van der Waals surface area contributed by atoms with Crippen LogP contribution in [0.25, 0.3) is 0 Å². The van der Waals surface area contributed by atoms with E-state index in [0.717, 1.165) is 35.6 Å². The van der Waals surface area contributed by atoms with Crippen molar-refractivity contribution in [2.75, 3.05) is 18.5 Å². The number of ether oxygens (including phenoxy) is 1. The van der Waals surface area contributed by atoms with E-state index in [4.69, 9.17) is 12.6 Å². The number of fused-ring (bicyclic) bond motifs is 1. The molecule has 1 aromatic rings. The summed E-state index contributed by atoms with van der Waals surface area (Å²) in [5.41, 5.74) is 2.93. The number of anilines is 1. The van der Waals surface area contributed by atoms with Gasteiger partial charge in [-0.05, 0) is 18.6 Å². The molecule has 2 rings (SSSR count). The van der Waals surface area contributed by atoms with Gasteiger partial charge >= 0.3 is 0 Å². The van der Waals surface area contributed by atoms with Gasteiger partial charge in [0.15, 0.2) is 0 Å². The SMILES string of the molecule is [B]c1ccc2c(c1C)NCCO2. The molecule has 0 aliphatic carbocycles. The van der Waals surface area contributed by atoms with Gasteiger partial charge in [-0.3, -0.25) is 0 Å². The predicted octanol–water partition coefficient (Wildman–Crippen LogP) is 0.593. The first-order valence-corrected chi connectivity index (χ1v) is 4.05. The molecular weight excluding hydrogens is 149 g/mol. The molecule has 1 aliphatic heterocycles. The third kappa shape index (κ3) is 1.05. The summed E-state index contributed by atoms with van der Waals surface area (Å²) in [6.45, 7) is 3.59. The van der Waals surface area contributed by atoms with E-state index in [1.807, 2.05) is 19.1 Å². The van der Waals surface area contributed by atoms with Gasteiger partial charge in [0.1, 0.15) is 20.2 Å². The molecule has 0 atom stereocenters. The van der Waals surface area contributed by atoms with Crippen LogP contribution in [-0.2, 0) is 0 Å². The van der Waals surface area contributed by atoms with E-state index in [0.29, 0.717) is 0 Å². The quantitative estimate of drug-likeness (QED) is 0.559. The van der Waals surface area contributed by atoms with E-state index in [9.17, 15) is 0 Å². The van der Waals surface area contributed by atoms with E-state index in [2.05, 4.69) is 5.32 Å². The van der Waals surface area contributed by atoms with E-state index < -0.39 is 0 Å². The van der Waals surface area contributed by atoms with E-state index in [1.54, 1.807) is 0 Å². The Kier molecular flexibility index (Phi) is 1.72. The van der Waals surface area contributed by atoms with Crippen LogP contribution in [0.3, 0.4) is 0 Å². The highest BCUT2D eigenvalue weighted by Gasteiger charge is 2.11. The summed E-state index contributed by atoms with van der Waals surface area (Å²) in [7, 11) is 5.75. The first kappa shape index (κ1) is 7.53. The van der Waals surface area contributed by atoms with Crippen molar-refractivity contribution in [3.63, 3.8) is 0 Å². The molecule has 2 radical (unpaired) electrons. The Morgan fingerprint density at radius 3 is 3.17 bits per heavy atom. The van der Waals surface area contributed by atoms with E-state index in [-0.39, 0.29) is 0 Å². The number of hydrogen-bond acceptors (Lipinski definition) is 2. The molecule has 1 heterocycles. The van der Waals surface area contributed by atoms with Crippen molar-refractivity contribution in [2.45, 2.75) is 6.92 Å². The van der Waals surface area contributed by atoms with Gasteiger partial charge in [0.25, 0.3) is 0 Å². The molecule has 1 aromatic carbocycles. The maximum Gasteiger partial charge on any atom is 0.142 e. The normalized spacial score (nSPS) is 14.4. The highest BCUT2D eigenvalue weighted by Crippen LogP contribution is 2.28. The van der Waals surface area contributed by atoms with Gasteiger partial charge in [-0.2, -0.15) is 0 Å². The monoisotopic (exact) mass is 159 g/mol. The van der Waals surface area contributed by atoms with Crippen molar-refractivity contribution in [3.05, 3.63) is 17.7 Å². The minimum absolute atomic E-state index is 0.732. The highest BCUT2D eigenvalue weighted by molar-refractivity contribution is 6.33. The van der Waals surface area contributed by atoms with Gasteiger partial charge in [-0.15, -0.1) is 0 Å². The van der Waals surface area contributed by atoms with Crippen LogP contribution in [-0.4, -0.2) is 21.0 Å². The van der Waals surface area contributed by atoms with Crippen LogP contribution in [0.5, 0.6) is 5.75 Å². The summed E-state index contributed by atoms with van der Waals surface area (Å²) in [5.74, 6) is 0.910. The fraction of sp³-hybridized carbons (Fsp3) is 0.333. The fourth-order valence-corrected chi connectivity index (χ4v) is 1.38. The van der Waals surface area contributed by atoms with Crippen LogP contribution in [0.1, 0.15) is 5.56 Å². The Bertz CT molecular complexity index is 312. The Morgan fingerprint density at radius 2 is 2.33 bits per heavy atom. The molecule has 1 N–H and O–H groups in total. The van der Waals surface area contributed by atoms with Crippen molar-refractivity contribution in [3.8, 4) is 5.75 Å². The van der Waals surface area contributed by atoms with Crippen molar-refractivity contribution >= 4 is 19.0 Å². The van der Waals surface area contributed by atoms with Crippen LogP contribution >= 0.6 is 0 Å². The molecule has 0 saturated heterocycles. The smallest absolute Gasteiger partial charge is 0.142 e. The molecule has 12 heavy (non-hydrogen) atoms. The molecular formula is C9H10BNO. The molecule has 1 aliphatic rings. The van der Waals surface area contributed by atoms with Crippen LogP contribution < -0.4 is 15.5 Å². The predicted molar refractivity (Wildman–Crippen MR) is 50.6 cm³/mol. The minimum Gasteiger partial charge on any atom is -0.490 e. The van der Waals surface area contributed by atoms with Gasteiger partial charge < -0.3 is 10.1 Å². The van der Waals surface area contributed by atoms with Crippen molar-refractivity contribution < 1.29 is 4.74 Å². The number of hydrogen-bond donors (Lipinski definition) is 1. The van der Waals surface area contributed by atoms with Gasteiger partial charge in [-0.25, -0.2) is 0 Å². The Balaban J connectivity index is 2.54. The summed E-state index contributed by atoms with van der Waals surface area (Å²) in [6.07, 6.45) is 0. The van der Waals surface area contributed by atoms with Crippen molar-refractivity contribution in [2.24, 2.45) is 0 Å². The summed E-state index contributed by atoms with van der Waals surface area (Å²) in [4.78, 5) is 0. The van der Waals surface area contributed by atoms with Crippen LogP contribution in [0.2, 0.25) is 0 Å². The molecule has 0 amide bonds. The minimum atomic E-state index is 0.732. The van der Waals surface area contributed by atoms with E-state index >= 15 is 0 Å². The van der Waals surface area contributed by atoms with E-state index in [1.165, 1.54) is 0 Å². The summed E-state index contributed by atoms with van der Waals surface area (Å²) in [6, 6.07) is 3.78. The second kappa shape index (κ2) is 2.74. The average Bonchev–Trinajstić information content (AvgIpc) is 2.12.